The molecule has 0 aromatic rings. The normalized spacial score (nSPS) is 14.4. The zero-order valence-electron chi connectivity index (χ0n) is 17.3. The molecule has 0 aliphatic rings. The molecule has 0 saturated carbocycles. The zero-order chi connectivity index (χ0) is 21.3. The molecule has 0 aromatic heterocycles. The predicted octanol–water partition coefficient (Wildman–Crippen LogP) is 6.53. The molecule has 0 bridgehead atoms. The number of allylic oxidation sites excluding steroid dienone is 1. The van der Waals surface area contributed by atoms with Gasteiger partial charge in [-0.2, -0.15) is 0 Å². The van der Waals surface area contributed by atoms with Gasteiger partial charge in [0.05, 0.1) is 13.0 Å². The van der Waals surface area contributed by atoms with Gasteiger partial charge in [-0.05, 0) is 19.8 Å². The molecule has 7 heteroatoms. The van der Waals surface area contributed by atoms with E-state index in [-0.39, 0.29) is 13.0 Å². The predicted molar refractivity (Wildman–Crippen MR) is 118 cm³/mol. The number of unbranched alkanes of at least 4 members (excludes halogenated alkanes) is 9. The van der Waals surface area contributed by atoms with Gasteiger partial charge in [0.1, 0.15) is 6.10 Å². The second-order valence-corrected chi connectivity index (χ2v) is 9.53. The van der Waals surface area contributed by atoms with E-state index >= 15 is 0 Å². The summed E-state index contributed by atoms with van der Waals surface area (Å²) in [5.74, 6) is -0.684. The molecule has 166 valence electrons. The van der Waals surface area contributed by atoms with Gasteiger partial charge < -0.3 is 14.6 Å². The van der Waals surface area contributed by atoms with Crippen LogP contribution in [-0.4, -0.2) is 40.3 Å². The molecular weight excluding hydrogens is 423 g/mol. The largest absolute Gasteiger partial charge is 0.457 e. The number of hydrogen-bond acceptors (Lipinski definition) is 4. The molecule has 28 heavy (non-hydrogen) atoms. The number of halogens is 3. The van der Waals surface area contributed by atoms with E-state index in [9.17, 15) is 9.90 Å². The van der Waals surface area contributed by atoms with Crippen molar-refractivity contribution >= 4 is 40.8 Å². The Morgan fingerprint density at radius 2 is 1.57 bits per heavy atom. The molecule has 0 fully saturated rings. The van der Waals surface area contributed by atoms with Crippen molar-refractivity contribution in [2.24, 2.45) is 0 Å². The van der Waals surface area contributed by atoms with Crippen molar-refractivity contribution in [1.82, 2.24) is 0 Å². The number of alkyl halides is 3. The molecule has 0 aliphatic carbocycles. The Bertz CT molecular complexity index is 411. The Morgan fingerprint density at radius 1 is 1.00 bits per heavy atom. The fourth-order valence-electron chi connectivity index (χ4n) is 2.74. The summed E-state index contributed by atoms with van der Waals surface area (Å²) in [6.07, 6.45) is 13.8. The van der Waals surface area contributed by atoms with Crippen molar-refractivity contribution in [2.45, 2.75) is 100 Å². The monoisotopic (exact) mass is 458 g/mol. The molecule has 0 aromatic carbocycles. The zero-order valence-corrected chi connectivity index (χ0v) is 19.6. The lowest BCUT2D eigenvalue weighted by molar-refractivity contribution is -0.157. The number of aliphatic hydroxyl groups excluding tert-OH is 1. The van der Waals surface area contributed by atoms with Gasteiger partial charge in [0.15, 0.2) is 6.10 Å². The first-order valence-corrected chi connectivity index (χ1v) is 11.6. The van der Waals surface area contributed by atoms with Crippen LogP contribution >= 0.6 is 34.8 Å². The van der Waals surface area contributed by atoms with E-state index in [2.05, 4.69) is 6.92 Å². The third-order valence-electron chi connectivity index (χ3n) is 4.30. The number of esters is 1. The standard InChI is InChI=1S/C21H37Cl3O4/c1-3-5-6-7-8-9-10-11-12-13-14-15-18(25)19(17-27-4-2)28-20(26)16-21(22,23)24/h14-15,18-19,25H,3-13,16-17H2,1-2H3/b15-14+. The van der Waals surface area contributed by atoms with E-state index in [4.69, 9.17) is 44.3 Å². The van der Waals surface area contributed by atoms with Crippen LogP contribution in [0, 0.1) is 0 Å². The topological polar surface area (TPSA) is 55.8 Å². The Kier molecular flexibility index (Phi) is 17.8. The van der Waals surface area contributed by atoms with Crippen LogP contribution in [0.2, 0.25) is 0 Å². The molecule has 0 aliphatic heterocycles. The van der Waals surface area contributed by atoms with Crippen LogP contribution in [0.15, 0.2) is 12.2 Å². The van der Waals surface area contributed by atoms with Crippen molar-refractivity contribution in [3.05, 3.63) is 12.2 Å². The van der Waals surface area contributed by atoms with E-state index < -0.39 is 22.0 Å². The second-order valence-electron chi connectivity index (χ2n) is 7.02. The van der Waals surface area contributed by atoms with Crippen molar-refractivity contribution in [2.75, 3.05) is 13.2 Å². The van der Waals surface area contributed by atoms with Crippen molar-refractivity contribution in [3.8, 4) is 0 Å². The number of carbonyl (C=O) groups is 1. The smallest absolute Gasteiger partial charge is 0.310 e. The second kappa shape index (κ2) is 17.8. The van der Waals surface area contributed by atoms with Crippen LogP contribution in [0.5, 0.6) is 0 Å². The van der Waals surface area contributed by atoms with Gasteiger partial charge in [0, 0.05) is 6.61 Å². The third-order valence-corrected chi connectivity index (χ3v) is 4.70. The highest BCUT2D eigenvalue weighted by Crippen LogP contribution is 2.30. The van der Waals surface area contributed by atoms with Gasteiger partial charge in [0.25, 0.3) is 0 Å². The Balaban J connectivity index is 4.08. The van der Waals surface area contributed by atoms with Gasteiger partial charge in [-0.15, -0.1) is 0 Å². The first-order chi connectivity index (χ1) is 13.3. The minimum Gasteiger partial charge on any atom is -0.457 e. The van der Waals surface area contributed by atoms with Gasteiger partial charge >= 0.3 is 5.97 Å². The molecule has 0 saturated heterocycles. The lowest BCUT2D eigenvalue weighted by Crippen LogP contribution is -2.35. The quantitative estimate of drug-likeness (QED) is 0.116. The molecular formula is C21H37Cl3O4. The van der Waals surface area contributed by atoms with E-state index in [1.54, 1.807) is 6.08 Å². The maximum absolute atomic E-state index is 11.8. The minimum atomic E-state index is -1.72. The molecule has 0 heterocycles. The fourth-order valence-corrected chi connectivity index (χ4v) is 3.07. The molecule has 2 atom stereocenters. The fraction of sp³-hybridized carbons (Fsp3) is 0.857. The van der Waals surface area contributed by atoms with Crippen molar-refractivity contribution in [1.29, 1.82) is 0 Å². The highest BCUT2D eigenvalue weighted by Gasteiger charge is 2.28. The maximum atomic E-state index is 11.8. The SMILES string of the molecule is CCCCCCCCCCC/C=C/C(O)C(COCC)OC(=O)CC(Cl)(Cl)Cl. The summed E-state index contributed by atoms with van der Waals surface area (Å²) in [6, 6.07) is 0. The Hall–Kier alpha value is -0.000000000000000111. The van der Waals surface area contributed by atoms with E-state index in [1.807, 2.05) is 13.0 Å². The summed E-state index contributed by atoms with van der Waals surface area (Å²) in [4.78, 5) is 11.8. The van der Waals surface area contributed by atoms with Crippen LogP contribution in [0.4, 0.5) is 0 Å². The molecule has 0 radical (unpaired) electrons. The van der Waals surface area contributed by atoms with E-state index in [0.717, 1.165) is 12.8 Å². The van der Waals surface area contributed by atoms with Gasteiger partial charge in [-0.25, -0.2) is 0 Å². The van der Waals surface area contributed by atoms with E-state index in [0.29, 0.717) is 6.61 Å². The Morgan fingerprint density at radius 3 is 2.11 bits per heavy atom. The first kappa shape index (κ1) is 28.0. The summed E-state index contributed by atoms with van der Waals surface area (Å²) in [5, 5.41) is 10.3. The van der Waals surface area contributed by atoms with E-state index in [1.165, 1.54) is 51.4 Å². The Labute approximate surface area is 185 Å². The van der Waals surface area contributed by atoms with Crippen molar-refractivity contribution < 1.29 is 19.4 Å². The summed E-state index contributed by atoms with van der Waals surface area (Å²) in [5.41, 5.74) is 0. The molecule has 0 spiro atoms. The van der Waals surface area contributed by atoms with Crippen LogP contribution in [-0.2, 0) is 14.3 Å². The van der Waals surface area contributed by atoms with Gasteiger partial charge in [0.2, 0.25) is 3.79 Å². The molecule has 0 rings (SSSR count). The number of hydrogen-bond donors (Lipinski definition) is 1. The lowest BCUT2D eigenvalue weighted by atomic mass is 10.1. The maximum Gasteiger partial charge on any atom is 0.310 e. The van der Waals surface area contributed by atoms with Crippen molar-refractivity contribution in [3.63, 3.8) is 0 Å². The van der Waals surface area contributed by atoms with Crippen LogP contribution in [0.1, 0.15) is 84.5 Å². The highest BCUT2D eigenvalue weighted by molar-refractivity contribution is 6.68. The number of ether oxygens (including phenoxy) is 2. The summed E-state index contributed by atoms with van der Waals surface area (Å²) >= 11 is 16.8. The highest BCUT2D eigenvalue weighted by atomic mass is 35.6. The third kappa shape index (κ3) is 18.1. The van der Waals surface area contributed by atoms with Crippen LogP contribution < -0.4 is 0 Å². The first-order valence-electron chi connectivity index (χ1n) is 10.5. The summed E-state index contributed by atoms with van der Waals surface area (Å²) in [7, 11) is 0. The van der Waals surface area contributed by atoms with Crippen LogP contribution in [0.25, 0.3) is 0 Å². The van der Waals surface area contributed by atoms with Crippen LogP contribution in [0.3, 0.4) is 0 Å². The lowest BCUT2D eigenvalue weighted by Gasteiger charge is -2.22. The average Bonchev–Trinajstić information content (AvgIpc) is 2.61. The molecule has 2 unspecified atom stereocenters. The minimum absolute atomic E-state index is 0.0889. The molecule has 1 N–H and O–H groups in total. The number of aliphatic hydroxyl groups is 1. The van der Waals surface area contributed by atoms with Gasteiger partial charge in [-0.3, -0.25) is 4.79 Å². The molecule has 4 nitrogen and oxygen atoms in total. The number of carbonyl (C=O) groups excluding carboxylic acids is 1. The summed E-state index contributed by atoms with van der Waals surface area (Å²) in [6.45, 7) is 4.60. The number of rotatable bonds is 17. The summed E-state index contributed by atoms with van der Waals surface area (Å²) < 4.78 is 8.79. The average molecular weight is 460 g/mol. The van der Waals surface area contributed by atoms with Gasteiger partial charge in [-0.1, -0.05) is 105 Å². The molecule has 0 amide bonds.